The number of hydrogen-bond acceptors (Lipinski definition) is 4. The Morgan fingerprint density at radius 1 is 1.03 bits per heavy atom. The summed E-state index contributed by atoms with van der Waals surface area (Å²) in [5.74, 6) is 0.326. The predicted molar refractivity (Wildman–Crippen MR) is 137 cm³/mol. The maximum Gasteiger partial charge on any atom is 0.251 e. The Kier molecular flexibility index (Phi) is 7.99. The van der Waals surface area contributed by atoms with Crippen LogP contribution < -0.4 is 14.4 Å². The van der Waals surface area contributed by atoms with Gasteiger partial charge in [-0.15, -0.1) is 0 Å². The van der Waals surface area contributed by atoms with Crippen molar-refractivity contribution in [2.45, 2.75) is 40.3 Å². The molecule has 0 aliphatic rings. The molecule has 1 N–H and O–H groups in total. The summed E-state index contributed by atoms with van der Waals surface area (Å²) < 4.78 is 32.1. The van der Waals surface area contributed by atoms with E-state index < -0.39 is 10.0 Å². The van der Waals surface area contributed by atoms with Gasteiger partial charge in [0.05, 0.1) is 31.1 Å². The lowest BCUT2D eigenvalue weighted by molar-refractivity contribution is 0.0940. The van der Waals surface area contributed by atoms with Gasteiger partial charge in [-0.25, -0.2) is 8.42 Å². The van der Waals surface area contributed by atoms with Crippen LogP contribution in [-0.2, 0) is 16.6 Å². The molecule has 0 aliphatic heterocycles. The second kappa shape index (κ2) is 10.7. The van der Waals surface area contributed by atoms with Crippen LogP contribution in [0.1, 0.15) is 52.5 Å². The van der Waals surface area contributed by atoms with Crippen LogP contribution >= 0.6 is 0 Å². The van der Waals surface area contributed by atoms with Crippen LogP contribution in [0.2, 0.25) is 0 Å². The van der Waals surface area contributed by atoms with Crippen LogP contribution in [0.25, 0.3) is 0 Å². The summed E-state index contributed by atoms with van der Waals surface area (Å²) in [6.07, 6.45) is 1.17. The van der Waals surface area contributed by atoms with Crippen LogP contribution in [-0.4, -0.2) is 27.2 Å². The number of sulfonamides is 1. The number of carbonyl (C=O) groups is 1. The number of carbonyl (C=O) groups excluding carboxylic acids is 1. The number of para-hydroxylation sites is 2. The second-order valence-corrected chi connectivity index (χ2v) is 10.3. The quantitative estimate of drug-likeness (QED) is 0.459. The average molecular weight is 481 g/mol. The van der Waals surface area contributed by atoms with Crippen molar-refractivity contribution in [3.05, 3.63) is 94.5 Å². The zero-order valence-electron chi connectivity index (χ0n) is 20.3. The smallest absolute Gasteiger partial charge is 0.251 e. The maximum atomic E-state index is 12.8. The lowest BCUT2D eigenvalue weighted by Gasteiger charge is -2.24. The highest BCUT2D eigenvalue weighted by molar-refractivity contribution is 7.92. The lowest BCUT2D eigenvalue weighted by atomic mass is 10.00. The van der Waals surface area contributed by atoms with Crippen molar-refractivity contribution in [1.29, 1.82) is 0 Å². The van der Waals surface area contributed by atoms with E-state index in [9.17, 15) is 13.2 Å². The van der Waals surface area contributed by atoms with Gasteiger partial charge in [-0.05, 0) is 68.7 Å². The molecule has 0 saturated heterocycles. The topological polar surface area (TPSA) is 75.7 Å². The molecular weight excluding hydrogens is 448 g/mol. The average Bonchev–Trinajstić information content (AvgIpc) is 2.78. The normalized spacial score (nSPS) is 12.1. The zero-order valence-corrected chi connectivity index (χ0v) is 21.1. The summed E-state index contributed by atoms with van der Waals surface area (Å²) in [6.45, 7) is 8.46. The second-order valence-electron chi connectivity index (χ2n) is 8.42. The van der Waals surface area contributed by atoms with E-state index in [1.165, 1.54) is 16.1 Å². The lowest BCUT2D eigenvalue weighted by Crippen LogP contribution is -2.30. The van der Waals surface area contributed by atoms with Crippen molar-refractivity contribution >= 4 is 21.6 Å². The minimum Gasteiger partial charge on any atom is -0.492 e. The first kappa shape index (κ1) is 25.3. The fraction of sp³-hybridized carbons (Fsp3) is 0.296. The number of anilines is 1. The molecular formula is C27H32N2O4S. The molecule has 7 heteroatoms. The van der Waals surface area contributed by atoms with Crippen LogP contribution in [0, 0.1) is 13.8 Å². The third kappa shape index (κ3) is 6.17. The van der Waals surface area contributed by atoms with Crippen molar-refractivity contribution in [2.24, 2.45) is 0 Å². The summed E-state index contributed by atoms with van der Waals surface area (Å²) in [5.41, 5.74) is 5.15. The van der Waals surface area contributed by atoms with Crippen molar-refractivity contribution < 1.29 is 17.9 Å². The van der Waals surface area contributed by atoms with Crippen LogP contribution in [0.3, 0.4) is 0 Å². The third-order valence-electron chi connectivity index (χ3n) is 5.62. The van der Waals surface area contributed by atoms with Gasteiger partial charge in [-0.1, -0.05) is 48.0 Å². The molecule has 0 radical (unpaired) electrons. The standard InChI is InChI=1S/C27H32N2O4S/c1-6-33-26-10-8-7-9-25(26)29(34(5,31)32)18-22-12-14-23(15-13-22)27(30)28-21(4)24-16-11-19(2)17-20(24)3/h7-17,21H,6,18H2,1-5H3,(H,28,30). The number of nitrogens with one attached hydrogen (secondary N) is 1. The summed E-state index contributed by atoms with van der Waals surface area (Å²) in [6, 6.07) is 20.1. The van der Waals surface area contributed by atoms with Crippen molar-refractivity contribution in [2.75, 3.05) is 17.2 Å². The Morgan fingerprint density at radius 2 is 1.71 bits per heavy atom. The SMILES string of the molecule is CCOc1ccccc1N(Cc1ccc(C(=O)NC(C)c2ccc(C)cc2C)cc1)S(C)(=O)=O. The molecule has 180 valence electrons. The van der Waals surface area contributed by atoms with Crippen LogP contribution in [0.5, 0.6) is 5.75 Å². The van der Waals surface area contributed by atoms with Crippen LogP contribution in [0.15, 0.2) is 66.7 Å². The molecule has 0 fully saturated rings. The summed E-state index contributed by atoms with van der Waals surface area (Å²) in [4.78, 5) is 12.8. The van der Waals surface area contributed by atoms with Gasteiger partial charge >= 0.3 is 0 Å². The Bertz CT molecular complexity index is 1250. The minimum absolute atomic E-state index is 0.129. The van der Waals surface area contributed by atoms with Crippen molar-refractivity contribution in [1.82, 2.24) is 5.32 Å². The van der Waals surface area contributed by atoms with Crippen molar-refractivity contribution in [3.63, 3.8) is 0 Å². The summed E-state index contributed by atoms with van der Waals surface area (Å²) in [5, 5.41) is 3.04. The van der Waals surface area contributed by atoms with E-state index in [1.54, 1.807) is 48.5 Å². The molecule has 3 aromatic rings. The van der Waals surface area contributed by atoms with Gasteiger partial charge < -0.3 is 10.1 Å². The van der Waals surface area contributed by atoms with Gasteiger partial charge in [0, 0.05) is 5.56 Å². The van der Waals surface area contributed by atoms with E-state index in [1.807, 2.05) is 39.8 Å². The number of rotatable bonds is 9. The Balaban J connectivity index is 1.77. The first-order valence-corrected chi connectivity index (χ1v) is 13.1. The number of amides is 1. The molecule has 3 aromatic carbocycles. The number of benzene rings is 3. The van der Waals surface area contributed by atoms with E-state index in [0.29, 0.717) is 23.6 Å². The molecule has 1 amide bonds. The van der Waals surface area contributed by atoms with Gasteiger partial charge in [-0.3, -0.25) is 9.10 Å². The monoisotopic (exact) mass is 480 g/mol. The van der Waals surface area contributed by atoms with Gasteiger partial charge in [0.1, 0.15) is 5.75 Å². The molecule has 6 nitrogen and oxygen atoms in total. The zero-order chi connectivity index (χ0) is 24.9. The molecule has 0 saturated carbocycles. The molecule has 0 spiro atoms. The van der Waals surface area contributed by atoms with E-state index in [4.69, 9.17) is 4.74 Å². The summed E-state index contributed by atoms with van der Waals surface area (Å²) >= 11 is 0. The number of hydrogen-bond donors (Lipinski definition) is 1. The Morgan fingerprint density at radius 3 is 2.32 bits per heavy atom. The highest BCUT2D eigenvalue weighted by atomic mass is 32.2. The van der Waals surface area contributed by atoms with Gasteiger partial charge in [0.25, 0.3) is 5.91 Å². The van der Waals surface area contributed by atoms with Gasteiger partial charge in [0.2, 0.25) is 10.0 Å². The predicted octanol–water partition coefficient (Wildman–Crippen LogP) is 5.16. The molecule has 1 unspecified atom stereocenters. The maximum absolute atomic E-state index is 12.8. The Labute approximate surface area is 202 Å². The fourth-order valence-electron chi connectivity index (χ4n) is 3.92. The largest absolute Gasteiger partial charge is 0.492 e. The highest BCUT2D eigenvalue weighted by Crippen LogP contribution is 2.31. The Hall–Kier alpha value is -3.32. The number of ether oxygens (including phenoxy) is 1. The fourth-order valence-corrected chi connectivity index (χ4v) is 4.81. The number of aryl methyl sites for hydroxylation is 2. The van der Waals surface area contributed by atoms with E-state index in [0.717, 1.165) is 16.7 Å². The molecule has 1 atom stereocenters. The first-order chi connectivity index (χ1) is 16.1. The molecule has 3 rings (SSSR count). The third-order valence-corrected chi connectivity index (χ3v) is 6.74. The minimum atomic E-state index is -3.56. The first-order valence-electron chi connectivity index (χ1n) is 11.3. The molecule has 34 heavy (non-hydrogen) atoms. The van der Waals surface area contributed by atoms with E-state index in [-0.39, 0.29) is 18.5 Å². The van der Waals surface area contributed by atoms with E-state index >= 15 is 0 Å². The van der Waals surface area contributed by atoms with Crippen LogP contribution in [0.4, 0.5) is 5.69 Å². The molecule has 0 heterocycles. The van der Waals surface area contributed by atoms with E-state index in [2.05, 4.69) is 11.4 Å². The van der Waals surface area contributed by atoms with Crippen molar-refractivity contribution in [3.8, 4) is 5.75 Å². The molecule has 0 aliphatic carbocycles. The highest BCUT2D eigenvalue weighted by Gasteiger charge is 2.22. The summed E-state index contributed by atoms with van der Waals surface area (Å²) in [7, 11) is -3.56. The molecule has 0 aromatic heterocycles. The number of nitrogens with zero attached hydrogens (tertiary/aromatic N) is 1. The van der Waals surface area contributed by atoms with Gasteiger partial charge in [-0.2, -0.15) is 0 Å². The van der Waals surface area contributed by atoms with Gasteiger partial charge in [0.15, 0.2) is 0 Å². The molecule has 0 bridgehead atoms.